The summed E-state index contributed by atoms with van der Waals surface area (Å²) in [6, 6.07) is 1.45. The molecular formula is C14H13F5O5S. The van der Waals surface area contributed by atoms with Gasteiger partial charge in [-0.15, -0.1) is 0 Å². The van der Waals surface area contributed by atoms with Crippen LogP contribution in [0.25, 0.3) is 0 Å². The number of halogens is 5. The van der Waals surface area contributed by atoms with Crippen LogP contribution in [0.2, 0.25) is 0 Å². The molecule has 1 heterocycles. The van der Waals surface area contributed by atoms with Crippen LogP contribution in [0.1, 0.15) is 23.7 Å². The van der Waals surface area contributed by atoms with Gasteiger partial charge in [-0.3, -0.25) is 0 Å². The summed E-state index contributed by atoms with van der Waals surface area (Å²) >= 11 is 0. The van der Waals surface area contributed by atoms with Gasteiger partial charge in [0.15, 0.2) is 0 Å². The van der Waals surface area contributed by atoms with Crippen LogP contribution in [-0.4, -0.2) is 44.3 Å². The molecule has 0 spiro atoms. The van der Waals surface area contributed by atoms with Crippen molar-refractivity contribution in [1.82, 2.24) is 0 Å². The zero-order valence-corrected chi connectivity index (χ0v) is 13.3. The van der Waals surface area contributed by atoms with E-state index >= 15 is 0 Å². The van der Waals surface area contributed by atoms with E-state index in [1.54, 1.807) is 0 Å². The Morgan fingerprint density at radius 2 is 1.96 bits per heavy atom. The Morgan fingerprint density at radius 3 is 2.52 bits per heavy atom. The molecule has 2 unspecified atom stereocenters. The third-order valence-electron chi connectivity index (χ3n) is 4.14. The lowest BCUT2D eigenvalue weighted by atomic mass is 10.1. The fraction of sp³-hybridized carbons (Fsp3) is 0.571. The minimum absolute atomic E-state index is 0.177. The number of hydrogen-bond acceptors (Lipinski definition) is 5. The highest BCUT2D eigenvalue weighted by molar-refractivity contribution is 7.92. The van der Waals surface area contributed by atoms with E-state index in [1.807, 2.05) is 0 Å². The molecule has 0 radical (unpaired) electrons. The van der Waals surface area contributed by atoms with Crippen LogP contribution in [0.15, 0.2) is 17.0 Å². The predicted octanol–water partition coefficient (Wildman–Crippen LogP) is 2.37. The normalized spacial score (nSPS) is 25.8. The average molecular weight is 388 g/mol. The number of hydrogen-bond donors (Lipinski definition) is 1. The second-order valence-corrected chi connectivity index (χ2v) is 7.76. The van der Waals surface area contributed by atoms with Gasteiger partial charge >= 0.3 is 5.51 Å². The number of ether oxygens (including phenoxy) is 2. The lowest BCUT2D eigenvalue weighted by Gasteiger charge is -2.19. The molecule has 11 heteroatoms. The fourth-order valence-corrected chi connectivity index (χ4v) is 3.92. The molecule has 0 bridgehead atoms. The molecule has 140 valence electrons. The molecule has 5 nitrogen and oxygen atoms in total. The Kier molecular flexibility index (Phi) is 4.24. The van der Waals surface area contributed by atoms with Crippen molar-refractivity contribution >= 4 is 9.84 Å². The van der Waals surface area contributed by atoms with Crippen LogP contribution in [0.3, 0.4) is 0 Å². The zero-order valence-electron chi connectivity index (χ0n) is 12.5. The van der Waals surface area contributed by atoms with Crippen LogP contribution >= 0.6 is 0 Å². The van der Waals surface area contributed by atoms with Gasteiger partial charge in [0, 0.05) is 24.0 Å². The molecule has 25 heavy (non-hydrogen) atoms. The van der Waals surface area contributed by atoms with Crippen LogP contribution in [-0.2, 0) is 21.0 Å². The van der Waals surface area contributed by atoms with E-state index in [4.69, 9.17) is 9.47 Å². The highest BCUT2D eigenvalue weighted by atomic mass is 32.2. The molecular weight excluding hydrogens is 375 g/mol. The SMILES string of the molecule is O=S(=O)(c1ccc(OC2CCOC2)c2c1C(O)C(F)(F)C2)C(F)(F)F. The molecule has 1 aliphatic carbocycles. The van der Waals surface area contributed by atoms with Crippen molar-refractivity contribution < 1.29 is 45.0 Å². The second kappa shape index (κ2) is 5.78. The van der Waals surface area contributed by atoms with Gasteiger partial charge in [-0.05, 0) is 12.1 Å². The Balaban J connectivity index is 2.13. The number of sulfone groups is 1. The zero-order chi connectivity index (χ0) is 18.6. The van der Waals surface area contributed by atoms with Crippen LogP contribution in [0.5, 0.6) is 5.75 Å². The summed E-state index contributed by atoms with van der Waals surface area (Å²) < 4.78 is 100. The Bertz CT molecular complexity index is 784. The molecule has 1 N–H and O–H groups in total. The van der Waals surface area contributed by atoms with E-state index in [9.17, 15) is 35.5 Å². The number of benzene rings is 1. The van der Waals surface area contributed by atoms with E-state index in [2.05, 4.69) is 0 Å². The van der Waals surface area contributed by atoms with E-state index in [0.717, 1.165) is 6.07 Å². The average Bonchev–Trinajstić information content (AvgIpc) is 3.06. The maximum atomic E-state index is 13.9. The van der Waals surface area contributed by atoms with Gasteiger partial charge in [0.1, 0.15) is 18.0 Å². The molecule has 2 aliphatic rings. The molecule has 0 saturated carbocycles. The monoisotopic (exact) mass is 388 g/mol. The van der Waals surface area contributed by atoms with Crippen molar-refractivity contribution in [3.05, 3.63) is 23.3 Å². The lowest BCUT2D eigenvalue weighted by Crippen LogP contribution is -2.26. The van der Waals surface area contributed by atoms with Gasteiger partial charge in [-0.25, -0.2) is 17.2 Å². The summed E-state index contributed by atoms with van der Waals surface area (Å²) in [5.74, 6) is -3.98. The maximum Gasteiger partial charge on any atom is 0.501 e. The third-order valence-corrected chi connectivity index (χ3v) is 5.68. The van der Waals surface area contributed by atoms with Crippen molar-refractivity contribution in [1.29, 1.82) is 0 Å². The maximum absolute atomic E-state index is 13.9. The molecule has 1 saturated heterocycles. The first-order chi connectivity index (χ1) is 11.4. The van der Waals surface area contributed by atoms with Crippen molar-refractivity contribution in [2.75, 3.05) is 13.2 Å². The smallest absolute Gasteiger partial charge is 0.488 e. The summed E-state index contributed by atoms with van der Waals surface area (Å²) in [7, 11) is -5.90. The number of aliphatic hydroxyl groups is 1. The van der Waals surface area contributed by atoms with Gasteiger partial charge in [0.2, 0.25) is 0 Å². The van der Waals surface area contributed by atoms with Crippen molar-refractivity contribution in [2.24, 2.45) is 0 Å². The van der Waals surface area contributed by atoms with Crippen LogP contribution in [0, 0.1) is 0 Å². The molecule has 0 amide bonds. The number of alkyl halides is 5. The highest BCUT2D eigenvalue weighted by Crippen LogP contribution is 2.50. The molecule has 3 rings (SSSR count). The van der Waals surface area contributed by atoms with E-state index in [1.165, 1.54) is 0 Å². The van der Waals surface area contributed by atoms with Gasteiger partial charge < -0.3 is 14.6 Å². The Labute approximate surface area is 139 Å². The van der Waals surface area contributed by atoms with Gasteiger partial charge in [0.25, 0.3) is 15.8 Å². The molecule has 0 aromatic heterocycles. The van der Waals surface area contributed by atoms with Crippen LogP contribution < -0.4 is 4.74 Å². The molecule has 1 aromatic carbocycles. The first-order valence-corrected chi connectivity index (χ1v) is 8.71. The van der Waals surface area contributed by atoms with E-state index in [-0.39, 0.29) is 12.4 Å². The minimum atomic E-state index is -5.90. The van der Waals surface area contributed by atoms with Crippen molar-refractivity contribution in [3.63, 3.8) is 0 Å². The highest BCUT2D eigenvalue weighted by Gasteiger charge is 2.55. The standard InChI is InChI=1S/C14H13F5O5S/c15-13(16)5-8-9(24-7-3-4-23-6-7)1-2-10(11(8)12(13)20)25(21,22)14(17,18)19/h1-2,7,12,20H,3-6H2. The topological polar surface area (TPSA) is 72.8 Å². The second-order valence-electron chi connectivity index (χ2n) is 5.85. The van der Waals surface area contributed by atoms with Crippen molar-refractivity contribution in [2.45, 2.75) is 41.4 Å². The van der Waals surface area contributed by atoms with Crippen molar-refractivity contribution in [3.8, 4) is 5.75 Å². The molecule has 1 aliphatic heterocycles. The summed E-state index contributed by atoms with van der Waals surface area (Å²) in [4.78, 5) is -1.38. The summed E-state index contributed by atoms with van der Waals surface area (Å²) in [5.41, 5.74) is -7.08. The fourth-order valence-electron chi connectivity index (χ4n) is 2.90. The summed E-state index contributed by atoms with van der Waals surface area (Å²) in [6.45, 7) is 0.558. The number of rotatable bonds is 3. The number of aliphatic hydroxyl groups excluding tert-OH is 1. The minimum Gasteiger partial charge on any atom is -0.488 e. The van der Waals surface area contributed by atoms with Gasteiger partial charge in [0.05, 0.1) is 18.1 Å². The predicted molar refractivity (Wildman–Crippen MR) is 73.1 cm³/mol. The van der Waals surface area contributed by atoms with E-state index < -0.39 is 55.9 Å². The largest absolute Gasteiger partial charge is 0.501 e. The molecule has 1 aromatic rings. The first kappa shape index (κ1) is 18.3. The quantitative estimate of drug-likeness (QED) is 0.805. The molecule has 2 atom stereocenters. The third kappa shape index (κ3) is 2.97. The summed E-state index contributed by atoms with van der Waals surface area (Å²) in [6.07, 6.45) is -3.82. The first-order valence-electron chi connectivity index (χ1n) is 7.22. The van der Waals surface area contributed by atoms with Crippen LogP contribution in [0.4, 0.5) is 22.0 Å². The van der Waals surface area contributed by atoms with Gasteiger partial charge in [-0.1, -0.05) is 0 Å². The lowest BCUT2D eigenvalue weighted by molar-refractivity contribution is -0.0978. The molecule has 1 fully saturated rings. The Morgan fingerprint density at radius 1 is 1.28 bits per heavy atom. The summed E-state index contributed by atoms with van der Waals surface area (Å²) in [5, 5.41) is 9.74. The number of fused-ring (bicyclic) bond motifs is 1. The van der Waals surface area contributed by atoms with E-state index in [0.29, 0.717) is 19.1 Å². The Hall–Kier alpha value is -1.46. The van der Waals surface area contributed by atoms with Gasteiger partial charge in [-0.2, -0.15) is 13.2 Å².